The number of allylic oxidation sites excluding steroid dienone is 1. The Morgan fingerprint density at radius 3 is 2.60 bits per heavy atom. The van der Waals surface area contributed by atoms with Crippen molar-refractivity contribution in [3.8, 4) is 0 Å². The summed E-state index contributed by atoms with van der Waals surface area (Å²) in [5.41, 5.74) is 0. The van der Waals surface area contributed by atoms with E-state index in [9.17, 15) is 9.46 Å². The Kier molecular flexibility index (Phi) is 11.6. The third-order valence-electron chi connectivity index (χ3n) is 0.690. The molecule has 1 unspecified atom stereocenters. The molecule has 0 fully saturated rings. The van der Waals surface area contributed by atoms with Gasteiger partial charge in [-0.1, -0.05) is 13.5 Å². The average Bonchev–Trinajstić information content (AvgIpc) is 1.63. The van der Waals surface area contributed by atoms with Gasteiger partial charge in [0.1, 0.15) is 0 Å². The molecule has 1 atom stereocenters. The normalized spacial score (nSPS) is 11.8. The van der Waals surface area contributed by atoms with Gasteiger partial charge in [-0.2, -0.15) is 0 Å². The fourth-order valence-corrected chi connectivity index (χ4v) is 1.91. The van der Waals surface area contributed by atoms with Gasteiger partial charge >= 0.3 is 29.6 Å². The Hall–Kier alpha value is 1.28. The van der Waals surface area contributed by atoms with Crippen LogP contribution in [0, 0.1) is 0 Å². The molecule has 0 aliphatic carbocycles. The van der Waals surface area contributed by atoms with Crippen molar-refractivity contribution >= 4 is 19.8 Å². The van der Waals surface area contributed by atoms with Crippen molar-refractivity contribution in [2.45, 2.75) is 6.92 Å². The van der Waals surface area contributed by atoms with Gasteiger partial charge in [-0.05, 0) is 10.7 Å². The van der Waals surface area contributed by atoms with E-state index >= 15 is 0 Å². The van der Waals surface area contributed by atoms with Crippen molar-refractivity contribution in [3.05, 3.63) is 11.5 Å². The minimum absolute atomic E-state index is 0. The summed E-state index contributed by atoms with van der Waals surface area (Å²) in [7, 11) is -2.58. The Morgan fingerprint density at radius 2 is 2.30 bits per heavy atom. The first-order chi connectivity index (χ1) is 4.16. The topological polar surface area (TPSA) is 40.1 Å². The molecule has 0 heterocycles. The van der Waals surface area contributed by atoms with E-state index in [1.165, 1.54) is 11.8 Å². The van der Waals surface area contributed by atoms with Crippen molar-refractivity contribution < 1.29 is 39.0 Å². The molecule has 0 N–H and O–H groups in total. The van der Waals surface area contributed by atoms with Gasteiger partial charge in [0.05, 0.1) is 0 Å². The summed E-state index contributed by atoms with van der Waals surface area (Å²) >= 11 is 1.49. The van der Waals surface area contributed by atoms with Crippen LogP contribution in [0.15, 0.2) is 11.5 Å². The molecule has 2 nitrogen and oxygen atoms in total. The second kappa shape index (κ2) is 8.38. The van der Waals surface area contributed by atoms with Crippen molar-refractivity contribution in [2.24, 2.45) is 0 Å². The Morgan fingerprint density at radius 1 is 1.80 bits per heavy atom. The molecule has 0 radical (unpaired) electrons. The van der Waals surface area contributed by atoms with Crippen molar-refractivity contribution in [3.63, 3.8) is 0 Å². The molecule has 0 spiro atoms. The van der Waals surface area contributed by atoms with Gasteiger partial charge in [-0.3, -0.25) is 0 Å². The zero-order valence-corrected chi connectivity index (χ0v) is 10.2. The van der Waals surface area contributed by atoms with Crippen LogP contribution in [0.5, 0.6) is 0 Å². The summed E-state index contributed by atoms with van der Waals surface area (Å²) in [6.07, 6.45) is 0.156. The molecule has 0 amide bonds. The second-order valence-corrected chi connectivity index (χ2v) is 4.06. The fraction of sp³-hybridized carbons (Fsp3) is 0.600. The molecular formula is C5H10NaO2PS. The third-order valence-corrected chi connectivity index (χ3v) is 2.50. The van der Waals surface area contributed by atoms with Crippen molar-refractivity contribution in [1.82, 2.24) is 0 Å². The summed E-state index contributed by atoms with van der Waals surface area (Å²) in [6.45, 7) is 5.54. The molecule has 0 aromatic heterocycles. The molecule has 0 saturated carbocycles. The second-order valence-electron chi connectivity index (χ2n) is 1.52. The Labute approximate surface area is 88.6 Å². The maximum Gasteiger partial charge on any atom is 1.00 e. The quantitative estimate of drug-likeness (QED) is 0.382. The predicted molar refractivity (Wildman–Crippen MR) is 41.1 cm³/mol. The van der Waals surface area contributed by atoms with Gasteiger partial charge < -0.3 is 9.46 Å². The van der Waals surface area contributed by atoms with Gasteiger partial charge in [0.15, 0.2) is 0 Å². The molecular weight excluding hydrogens is 178 g/mol. The van der Waals surface area contributed by atoms with E-state index in [1.807, 2.05) is 6.92 Å². The number of hydrogen-bond acceptors (Lipinski definition) is 3. The van der Waals surface area contributed by atoms with E-state index in [0.29, 0.717) is 0 Å². The van der Waals surface area contributed by atoms with Crippen LogP contribution in [-0.4, -0.2) is 11.9 Å². The van der Waals surface area contributed by atoms with Crippen LogP contribution in [0.1, 0.15) is 6.92 Å². The first-order valence-corrected chi connectivity index (χ1v) is 5.18. The molecule has 0 aromatic rings. The largest absolute Gasteiger partial charge is 1.00 e. The predicted octanol–water partition coefficient (Wildman–Crippen LogP) is -1.91. The van der Waals surface area contributed by atoms with E-state index in [-0.39, 0.29) is 35.7 Å². The average molecular weight is 188 g/mol. The maximum atomic E-state index is 10.1. The van der Waals surface area contributed by atoms with Gasteiger partial charge in [0.25, 0.3) is 0 Å². The number of hydrogen-bond donors (Lipinski definition) is 0. The number of thioether (sulfide) groups is 1. The smallest absolute Gasteiger partial charge is 0.801 e. The van der Waals surface area contributed by atoms with Gasteiger partial charge in [0.2, 0.25) is 0 Å². The summed E-state index contributed by atoms with van der Waals surface area (Å²) in [5.74, 6) is 0.897. The summed E-state index contributed by atoms with van der Waals surface area (Å²) in [6, 6.07) is 0. The molecule has 0 bridgehead atoms. The maximum absolute atomic E-state index is 10.1. The van der Waals surface area contributed by atoms with Gasteiger partial charge in [-0.15, -0.1) is 11.8 Å². The van der Waals surface area contributed by atoms with Crippen LogP contribution in [0.4, 0.5) is 0 Å². The van der Waals surface area contributed by atoms with Crippen LogP contribution in [-0.2, 0) is 4.57 Å². The first-order valence-electron chi connectivity index (χ1n) is 2.67. The summed E-state index contributed by atoms with van der Waals surface area (Å²) in [5, 5.41) is 0. The monoisotopic (exact) mass is 188 g/mol. The summed E-state index contributed by atoms with van der Waals surface area (Å²) in [4.78, 5) is 10.8. The molecule has 0 saturated heterocycles. The van der Waals surface area contributed by atoms with Crippen molar-refractivity contribution in [2.75, 3.05) is 11.9 Å². The fourth-order valence-electron chi connectivity index (χ4n) is 0.416. The van der Waals surface area contributed by atoms with Crippen LogP contribution in [0.2, 0.25) is 0 Å². The van der Waals surface area contributed by atoms with Crippen molar-refractivity contribution in [1.29, 1.82) is 0 Å². The minimum Gasteiger partial charge on any atom is -0.801 e. The van der Waals surface area contributed by atoms with Crippen LogP contribution >= 0.6 is 19.8 Å². The zero-order chi connectivity index (χ0) is 7.28. The van der Waals surface area contributed by atoms with Crippen LogP contribution in [0.3, 0.4) is 0 Å². The molecule has 0 rings (SSSR count). The minimum atomic E-state index is -2.58. The molecule has 10 heavy (non-hydrogen) atoms. The Bertz CT molecular complexity index is 129. The molecule has 5 heteroatoms. The third kappa shape index (κ3) is 9.28. The number of rotatable bonds is 4. The van der Waals surface area contributed by atoms with Gasteiger partial charge in [-0.25, -0.2) is 0 Å². The van der Waals surface area contributed by atoms with E-state index in [2.05, 4.69) is 6.58 Å². The molecule has 54 valence electrons. The summed E-state index contributed by atoms with van der Waals surface area (Å²) < 4.78 is 10.1. The van der Waals surface area contributed by atoms with E-state index < -0.39 is 8.03 Å². The van der Waals surface area contributed by atoms with Gasteiger partial charge in [0, 0.05) is 14.2 Å². The molecule has 0 aromatic carbocycles. The standard InChI is InChI=1S/C5H11O2PS.Na/c1-3-9-5(2)4-8(6)7;/h8H,2-4H2,1H3,(H,6,7);/q;+1/p-1. The molecule has 0 aliphatic rings. The molecule has 0 aliphatic heterocycles. The van der Waals surface area contributed by atoms with E-state index in [0.717, 1.165) is 10.7 Å². The van der Waals surface area contributed by atoms with Crippen LogP contribution < -0.4 is 34.5 Å². The van der Waals surface area contributed by atoms with E-state index in [1.54, 1.807) is 0 Å². The SMILES string of the molecule is C=C(C[PH](=O)[O-])SCC.[Na+]. The Balaban J connectivity index is 0. The zero-order valence-electron chi connectivity index (χ0n) is 6.35. The van der Waals surface area contributed by atoms with E-state index in [4.69, 9.17) is 0 Å². The first kappa shape index (κ1) is 13.8. The van der Waals surface area contributed by atoms with Crippen LogP contribution in [0.25, 0.3) is 0 Å².